The van der Waals surface area contributed by atoms with Crippen molar-refractivity contribution in [3.8, 4) is 23.0 Å². The molecule has 13 heteroatoms. The molecule has 0 saturated carbocycles. The Morgan fingerprint density at radius 2 is 1.54 bits per heavy atom. The summed E-state index contributed by atoms with van der Waals surface area (Å²) in [5, 5.41) is 13.5. The predicted octanol–water partition coefficient (Wildman–Crippen LogP) is 8.65. The van der Waals surface area contributed by atoms with Gasteiger partial charge in [-0.25, -0.2) is 4.79 Å². The van der Waals surface area contributed by atoms with Crippen LogP contribution in [-0.2, 0) is 35.7 Å². The van der Waals surface area contributed by atoms with Crippen molar-refractivity contribution in [1.29, 1.82) is 0 Å². The monoisotopic (exact) mass is 816 g/mol. The third-order valence-electron chi connectivity index (χ3n) is 10.0. The minimum Gasteiger partial charge on any atom is -0.455 e. The number of aliphatic hydroxyl groups excluding tert-OH is 1. The van der Waals surface area contributed by atoms with Gasteiger partial charge in [-0.05, 0) is 90.0 Å². The van der Waals surface area contributed by atoms with Gasteiger partial charge in [0.15, 0.2) is 22.4 Å². The van der Waals surface area contributed by atoms with E-state index in [9.17, 15) is 23.7 Å². The smallest absolute Gasteiger partial charge is 0.373 e. The summed E-state index contributed by atoms with van der Waals surface area (Å²) in [6.45, 7) is 12.5. The molecule has 11 nitrogen and oxygen atoms in total. The molecule has 2 unspecified atom stereocenters. The molecule has 0 bridgehead atoms. The van der Waals surface area contributed by atoms with E-state index in [1.165, 1.54) is 0 Å². The van der Waals surface area contributed by atoms with E-state index in [0.717, 1.165) is 19.3 Å². The molecule has 1 spiro atoms. The van der Waals surface area contributed by atoms with Gasteiger partial charge in [0.05, 0.1) is 22.0 Å². The largest absolute Gasteiger partial charge is 0.455 e. The molecule has 4 aromatic carbocycles. The van der Waals surface area contributed by atoms with Gasteiger partial charge in [0.2, 0.25) is 5.91 Å². The van der Waals surface area contributed by atoms with E-state index in [1.807, 2.05) is 6.07 Å². The molecule has 0 radical (unpaired) electrons. The van der Waals surface area contributed by atoms with Gasteiger partial charge >= 0.3 is 25.7 Å². The predicted molar refractivity (Wildman–Crippen MR) is 217 cm³/mol. The van der Waals surface area contributed by atoms with Crippen LogP contribution in [0.5, 0.6) is 23.0 Å². The number of unbranched alkanes of at least 4 members (excludes halogenated alkanes) is 3. The summed E-state index contributed by atoms with van der Waals surface area (Å²) >= 11 is 7.27. The van der Waals surface area contributed by atoms with Crippen molar-refractivity contribution in [2.24, 2.45) is 10.8 Å². The lowest BCUT2D eigenvalue weighted by atomic mass is 9.75. The number of aliphatic hydroxyl groups is 1. The second-order valence-electron chi connectivity index (χ2n) is 16.5. The molecule has 4 aromatic rings. The van der Waals surface area contributed by atoms with Crippen molar-refractivity contribution in [1.82, 2.24) is 5.32 Å². The topological polar surface area (TPSA) is 155 Å². The molecule has 2 aliphatic rings. The van der Waals surface area contributed by atoms with Crippen LogP contribution in [0.1, 0.15) is 106 Å². The van der Waals surface area contributed by atoms with Crippen LogP contribution < -0.4 is 24.8 Å². The lowest BCUT2D eigenvalue weighted by Crippen LogP contribution is -2.34. The molecule has 2 atom stereocenters. The number of esters is 3. The second kappa shape index (κ2) is 16.2. The Morgan fingerprint density at radius 3 is 2.21 bits per heavy atom. The van der Waals surface area contributed by atoms with Crippen LogP contribution in [0.4, 0.5) is 0 Å². The maximum Gasteiger partial charge on any atom is 0.373 e. The average molecular weight is 817 g/mol. The van der Waals surface area contributed by atoms with Gasteiger partial charge in [-0.2, -0.15) is 0 Å². The number of fused-ring (bicyclic) bond motifs is 8. The summed E-state index contributed by atoms with van der Waals surface area (Å²) in [5.74, 6) is -1.58. The van der Waals surface area contributed by atoms with Crippen molar-refractivity contribution >= 4 is 59.3 Å². The number of nitrogens with one attached hydrogen (secondary N) is 1. The SMILES string of the molecule is C[P+](=O)c1ccc2c(c1)C1(OC2=O)c2cc(CCC(=O)NCCCCCCO)c(OC(=O)C(C)(C)C)c(Cl)c2Oc2cc(OC(=O)C(C)(C)C)c3ccccc3c21. The Labute approximate surface area is 338 Å². The standard InChI is InChI=1S/C44H47ClNO10P/c1-42(2,3)40(50)54-32-24-33-35(28-15-11-10-14-27(28)32)44(30-23-26(57(7)52)17-18-29(30)39(49)56-44)31-22-25(16-19-34(48)46-20-12-8-9-13-21-47)37(36(45)38(31)53-33)55-41(51)43(4,5)6/h10-11,14-15,17-18,22-24,47H,8-9,12-13,16,19-21H2,1-7H3/p+1. The first-order valence-electron chi connectivity index (χ1n) is 19.1. The summed E-state index contributed by atoms with van der Waals surface area (Å²) in [7, 11) is -1.86. The van der Waals surface area contributed by atoms with Crippen LogP contribution >= 0.6 is 19.4 Å². The van der Waals surface area contributed by atoms with E-state index < -0.39 is 42.1 Å². The average Bonchev–Trinajstić information content (AvgIpc) is 3.44. The van der Waals surface area contributed by atoms with Crippen molar-refractivity contribution in [2.45, 2.75) is 85.7 Å². The minimum atomic E-state index is -1.86. The fourth-order valence-corrected chi connectivity index (χ4v) is 7.80. The Kier molecular flexibility index (Phi) is 11.9. The summed E-state index contributed by atoms with van der Waals surface area (Å²) in [5.41, 5.74) is -1.79. The number of aryl methyl sites for hydroxylation is 1. The molecule has 0 saturated heterocycles. The lowest BCUT2D eigenvalue weighted by molar-refractivity contribution is -0.143. The number of hydrogen-bond acceptors (Lipinski definition) is 10. The van der Waals surface area contributed by atoms with E-state index in [4.69, 9.17) is 35.7 Å². The van der Waals surface area contributed by atoms with E-state index >= 15 is 0 Å². The van der Waals surface area contributed by atoms with E-state index in [-0.39, 0.29) is 58.9 Å². The maximum absolute atomic E-state index is 14.0. The van der Waals surface area contributed by atoms with Gasteiger partial charge in [0, 0.05) is 48.2 Å². The Bertz CT molecular complexity index is 2310. The first-order chi connectivity index (χ1) is 26.9. The van der Waals surface area contributed by atoms with Gasteiger partial charge < -0.3 is 29.4 Å². The number of carbonyl (C=O) groups excluding carboxylic acids is 4. The lowest BCUT2D eigenvalue weighted by Gasteiger charge is -2.38. The van der Waals surface area contributed by atoms with Crippen molar-refractivity contribution in [2.75, 3.05) is 19.8 Å². The summed E-state index contributed by atoms with van der Waals surface area (Å²) in [6.07, 6.45) is 3.28. The third kappa shape index (κ3) is 8.15. The molecular weight excluding hydrogens is 769 g/mol. The van der Waals surface area contributed by atoms with Crippen molar-refractivity contribution in [3.63, 3.8) is 0 Å². The number of rotatable bonds is 12. The summed E-state index contributed by atoms with van der Waals surface area (Å²) in [6, 6.07) is 15.4. The fourth-order valence-electron chi connectivity index (χ4n) is 6.90. The van der Waals surface area contributed by atoms with Crippen LogP contribution in [0.3, 0.4) is 0 Å². The molecule has 2 heterocycles. The summed E-state index contributed by atoms with van der Waals surface area (Å²) in [4.78, 5) is 53.9. The quantitative estimate of drug-likeness (QED) is 0.0615. The van der Waals surface area contributed by atoms with Gasteiger partial charge in [-0.1, -0.05) is 53.3 Å². The normalized spacial score (nSPS) is 15.9. The number of amides is 1. The number of ether oxygens (including phenoxy) is 4. The zero-order valence-corrected chi connectivity index (χ0v) is 34.9. The van der Waals surface area contributed by atoms with Gasteiger partial charge in [-0.15, -0.1) is 0 Å². The van der Waals surface area contributed by atoms with E-state index in [2.05, 4.69) is 5.32 Å². The number of hydrogen-bond donors (Lipinski definition) is 2. The van der Waals surface area contributed by atoms with Gasteiger partial charge in [0.25, 0.3) is 0 Å². The molecule has 6 rings (SSSR count). The van der Waals surface area contributed by atoms with Gasteiger partial charge in [0.1, 0.15) is 23.2 Å². The fraction of sp³-hybridized carbons (Fsp3) is 0.409. The molecule has 2 N–H and O–H groups in total. The van der Waals surface area contributed by atoms with Crippen molar-refractivity contribution < 1.29 is 47.8 Å². The Morgan fingerprint density at radius 1 is 0.877 bits per heavy atom. The number of carbonyl (C=O) groups is 4. The second-order valence-corrected chi connectivity index (χ2v) is 18.4. The number of benzene rings is 4. The Balaban J connectivity index is 1.59. The number of halogens is 1. The molecule has 0 fully saturated rings. The molecule has 0 aromatic heterocycles. The van der Waals surface area contributed by atoms with Crippen molar-refractivity contribution in [3.05, 3.63) is 87.4 Å². The summed E-state index contributed by atoms with van der Waals surface area (Å²) < 4.78 is 38.2. The molecular formula is C44H48ClNO10P+. The minimum absolute atomic E-state index is 0.0124. The molecule has 57 heavy (non-hydrogen) atoms. The van der Waals surface area contributed by atoms with E-state index in [1.54, 1.807) is 96.7 Å². The van der Waals surface area contributed by atoms with Crippen LogP contribution in [0.15, 0.2) is 54.6 Å². The third-order valence-corrected chi connectivity index (χ3v) is 11.4. The molecule has 0 aliphatic carbocycles. The molecule has 2 aliphatic heterocycles. The highest BCUT2D eigenvalue weighted by Gasteiger charge is 2.56. The van der Waals surface area contributed by atoms with Crippen LogP contribution in [0.25, 0.3) is 10.8 Å². The Hall–Kier alpha value is -4.83. The first-order valence-corrected chi connectivity index (χ1v) is 21.2. The van der Waals surface area contributed by atoms with Crippen LogP contribution in [0, 0.1) is 10.8 Å². The van der Waals surface area contributed by atoms with Crippen LogP contribution in [-0.4, -0.2) is 48.7 Å². The van der Waals surface area contributed by atoms with E-state index in [0.29, 0.717) is 51.3 Å². The van der Waals surface area contributed by atoms with Gasteiger partial charge in [-0.3, -0.25) is 14.4 Å². The van der Waals surface area contributed by atoms with Crippen LogP contribution in [0.2, 0.25) is 5.02 Å². The zero-order chi connectivity index (χ0) is 41.4. The highest BCUT2D eigenvalue weighted by atomic mass is 35.5. The first kappa shape index (κ1) is 41.8. The molecule has 1 amide bonds. The zero-order valence-electron chi connectivity index (χ0n) is 33.3. The highest BCUT2D eigenvalue weighted by Crippen LogP contribution is 2.62. The highest BCUT2D eigenvalue weighted by molar-refractivity contribution is 7.52. The maximum atomic E-state index is 14.0. The molecule has 300 valence electrons.